The Kier molecular flexibility index (Phi) is 2.46. The molecule has 0 radical (unpaired) electrons. The average molecular weight is 224 g/mol. The first-order valence-corrected chi connectivity index (χ1v) is 5.50. The minimum Gasteiger partial charge on any atom is -0.363 e. The number of para-hydroxylation sites is 1. The molecule has 0 unspecified atom stereocenters. The van der Waals surface area contributed by atoms with Crippen molar-refractivity contribution in [2.24, 2.45) is 0 Å². The number of hydrogen-bond acceptors (Lipinski definition) is 3. The topological polar surface area (TPSA) is 53.6 Å². The summed E-state index contributed by atoms with van der Waals surface area (Å²) >= 11 is 0. The quantitative estimate of drug-likeness (QED) is 0.719. The van der Waals surface area contributed by atoms with Gasteiger partial charge in [-0.1, -0.05) is 18.2 Å². The van der Waals surface area contributed by atoms with Crippen molar-refractivity contribution in [3.63, 3.8) is 0 Å². The molecule has 0 fully saturated rings. The van der Waals surface area contributed by atoms with Gasteiger partial charge in [0.1, 0.15) is 11.6 Å². The summed E-state index contributed by atoms with van der Waals surface area (Å²) in [5, 5.41) is 4.38. The summed E-state index contributed by atoms with van der Waals surface area (Å²) in [6, 6.07) is 12.1. The molecule has 0 saturated heterocycles. The van der Waals surface area contributed by atoms with E-state index in [1.807, 2.05) is 30.5 Å². The highest BCUT2D eigenvalue weighted by Gasteiger charge is 1.98. The van der Waals surface area contributed by atoms with Crippen molar-refractivity contribution in [1.82, 2.24) is 15.0 Å². The van der Waals surface area contributed by atoms with E-state index >= 15 is 0 Å². The number of hydrogen-bond donors (Lipinski definition) is 2. The molecule has 0 spiro atoms. The van der Waals surface area contributed by atoms with Crippen molar-refractivity contribution < 1.29 is 0 Å². The van der Waals surface area contributed by atoms with Crippen molar-refractivity contribution in [1.29, 1.82) is 0 Å². The van der Waals surface area contributed by atoms with E-state index in [1.165, 1.54) is 0 Å². The molecule has 3 aromatic rings. The molecule has 0 aliphatic rings. The molecule has 3 rings (SSSR count). The van der Waals surface area contributed by atoms with Crippen molar-refractivity contribution >= 4 is 16.7 Å². The summed E-state index contributed by atoms with van der Waals surface area (Å²) in [5.74, 6) is 1.76. The number of pyridine rings is 1. The van der Waals surface area contributed by atoms with Gasteiger partial charge < -0.3 is 10.3 Å². The minimum atomic E-state index is 0.651. The Bertz CT molecular complexity index is 616. The normalized spacial score (nSPS) is 10.6. The van der Waals surface area contributed by atoms with Crippen molar-refractivity contribution in [2.45, 2.75) is 6.54 Å². The van der Waals surface area contributed by atoms with Crippen LogP contribution in [0.25, 0.3) is 10.9 Å². The Morgan fingerprint density at radius 1 is 1.12 bits per heavy atom. The Morgan fingerprint density at radius 2 is 2.06 bits per heavy atom. The van der Waals surface area contributed by atoms with Crippen molar-refractivity contribution in [2.75, 3.05) is 5.32 Å². The summed E-state index contributed by atoms with van der Waals surface area (Å²) in [7, 11) is 0. The van der Waals surface area contributed by atoms with E-state index in [-0.39, 0.29) is 0 Å². The van der Waals surface area contributed by atoms with Crippen LogP contribution in [0.2, 0.25) is 0 Å². The van der Waals surface area contributed by atoms with Gasteiger partial charge >= 0.3 is 0 Å². The number of rotatable bonds is 3. The zero-order valence-electron chi connectivity index (χ0n) is 9.22. The molecule has 4 heteroatoms. The van der Waals surface area contributed by atoms with Gasteiger partial charge in [-0.15, -0.1) is 0 Å². The van der Waals surface area contributed by atoms with Gasteiger partial charge in [-0.05, 0) is 18.2 Å². The molecule has 0 atom stereocenters. The average Bonchev–Trinajstić information content (AvgIpc) is 2.89. The first-order chi connectivity index (χ1) is 8.42. The van der Waals surface area contributed by atoms with Crippen molar-refractivity contribution in [3.8, 4) is 0 Å². The fraction of sp³-hybridized carbons (Fsp3) is 0.0769. The van der Waals surface area contributed by atoms with E-state index in [1.54, 1.807) is 6.20 Å². The molecule has 84 valence electrons. The molecular formula is C13H12N4. The van der Waals surface area contributed by atoms with E-state index in [4.69, 9.17) is 0 Å². The first-order valence-electron chi connectivity index (χ1n) is 5.50. The molecule has 0 amide bonds. The van der Waals surface area contributed by atoms with Crippen LogP contribution in [0.15, 0.2) is 48.8 Å². The molecular weight excluding hydrogens is 212 g/mol. The molecule has 2 heterocycles. The third-order valence-corrected chi connectivity index (χ3v) is 2.59. The maximum absolute atomic E-state index is 4.52. The van der Waals surface area contributed by atoms with Crippen LogP contribution in [0.1, 0.15) is 5.82 Å². The molecule has 2 aromatic heterocycles. The second kappa shape index (κ2) is 4.25. The number of anilines is 1. The van der Waals surface area contributed by atoms with Gasteiger partial charge in [-0.25, -0.2) is 9.97 Å². The van der Waals surface area contributed by atoms with Gasteiger partial charge in [0.25, 0.3) is 0 Å². The van der Waals surface area contributed by atoms with E-state index in [9.17, 15) is 0 Å². The summed E-state index contributed by atoms with van der Waals surface area (Å²) in [4.78, 5) is 11.7. The maximum Gasteiger partial charge on any atom is 0.127 e. The van der Waals surface area contributed by atoms with Crippen LogP contribution in [0.4, 0.5) is 5.82 Å². The van der Waals surface area contributed by atoms with E-state index in [0.717, 1.165) is 22.5 Å². The largest absolute Gasteiger partial charge is 0.363 e. The minimum absolute atomic E-state index is 0.651. The Morgan fingerprint density at radius 3 is 2.94 bits per heavy atom. The van der Waals surface area contributed by atoms with Gasteiger partial charge in [-0.2, -0.15) is 0 Å². The second-order valence-electron chi connectivity index (χ2n) is 3.78. The molecule has 17 heavy (non-hydrogen) atoms. The number of aromatic amines is 1. The van der Waals surface area contributed by atoms with Crippen LogP contribution in [0.3, 0.4) is 0 Å². The smallest absolute Gasteiger partial charge is 0.127 e. The lowest BCUT2D eigenvalue weighted by Crippen LogP contribution is -2.02. The monoisotopic (exact) mass is 224 g/mol. The zero-order chi connectivity index (χ0) is 11.5. The lowest BCUT2D eigenvalue weighted by atomic mass is 10.2. The summed E-state index contributed by atoms with van der Waals surface area (Å²) in [6.45, 7) is 0.651. The van der Waals surface area contributed by atoms with Crippen LogP contribution in [-0.2, 0) is 6.54 Å². The lowest BCUT2D eigenvalue weighted by Gasteiger charge is -2.04. The van der Waals surface area contributed by atoms with E-state index in [2.05, 4.69) is 32.4 Å². The van der Waals surface area contributed by atoms with Gasteiger partial charge in [0.2, 0.25) is 0 Å². The van der Waals surface area contributed by atoms with Crippen LogP contribution >= 0.6 is 0 Å². The van der Waals surface area contributed by atoms with Gasteiger partial charge in [0.05, 0.1) is 12.1 Å². The predicted octanol–water partition coefficient (Wildman–Crippen LogP) is 2.57. The van der Waals surface area contributed by atoms with Gasteiger partial charge in [0.15, 0.2) is 0 Å². The molecule has 0 aliphatic carbocycles. The van der Waals surface area contributed by atoms with Gasteiger partial charge in [0, 0.05) is 17.8 Å². The Labute approximate surface area is 98.7 Å². The Balaban J connectivity index is 1.81. The number of benzene rings is 1. The number of aromatic nitrogens is 3. The molecule has 2 N–H and O–H groups in total. The highest BCUT2D eigenvalue weighted by atomic mass is 15.0. The summed E-state index contributed by atoms with van der Waals surface area (Å²) in [5.41, 5.74) is 0.997. The first kappa shape index (κ1) is 9.84. The number of fused-ring (bicyclic) bond motifs is 1. The van der Waals surface area contributed by atoms with Gasteiger partial charge in [-0.3, -0.25) is 0 Å². The third kappa shape index (κ3) is 2.10. The molecule has 1 aromatic carbocycles. The highest BCUT2D eigenvalue weighted by molar-refractivity contribution is 5.79. The Hall–Kier alpha value is -2.36. The van der Waals surface area contributed by atoms with Crippen molar-refractivity contribution in [3.05, 3.63) is 54.6 Å². The second-order valence-corrected chi connectivity index (χ2v) is 3.78. The standard InChI is InChI=1S/C13H12N4/c1-2-4-11-10(3-1)5-6-12(17-11)16-9-13-14-7-8-15-13/h1-8H,9H2,(H,14,15)(H,16,17). The third-order valence-electron chi connectivity index (χ3n) is 2.59. The SMILES string of the molecule is c1ccc2nc(NCc3ncc[nH]3)ccc2c1. The van der Waals surface area contributed by atoms with Crippen LogP contribution in [-0.4, -0.2) is 15.0 Å². The molecule has 0 bridgehead atoms. The van der Waals surface area contributed by atoms with Crippen LogP contribution in [0.5, 0.6) is 0 Å². The number of H-pyrrole nitrogens is 1. The molecule has 0 saturated carbocycles. The number of imidazole rings is 1. The predicted molar refractivity (Wildman–Crippen MR) is 67.7 cm³/mol. The number of nitrogens with zero attached hydrogens (tertiary/aromatic N) is 2. The highest BCUT2D eigenvalue weighted by Crippen LogP contribution is 2.14. The maximum atomic E-state index is 4.52. The molecule has 4 nitrogen and oxygen atoms in total. The summed E-state index contributed by atoms with van der Waals surface area (Å²) < 4.78 is 0. The lowest BCUT2D eigenvalue weighted by molar-refractivity contribution is 0.991. The number of nitrogens with one attached hydrogen (secondary N) is 2. The van der Waals surface area contributed by atoms with Crippen LogP contribution < -0.4 is 5.32 Å². The molecule has 0 aliphatic heterocycles. The van der Waals surface area contributed by atoms with E-state index in [0.29, 0.717) is 6.54 Å². The van der Waals surface area contributed by atoms with Crippen LogP contribution in [0, 0.1) is 0 Å². The fourth-order valence-corrected chi connectivity index (χ4v) is 1.73. The van der Waals surface area contributed by atoms with E-state index < -0.39 is 0 Å². The summed E-state index contributed by atoms with van der Waals surface area (Å²) in [6.07, 6.45) is 3.55. The fourth-order valence-electron chi connectivity index (χ4n) is 1.73. The zero-order valence-corrected chi connectivity index (χ0v) is 9.22.